The van der Waals surface area contributed by atoms with Gasteiger partial charge in [0.15, 0.2) is 0 Å². The molecule has 0 fully saturated rings. The molecule has 0 bridgehead atoms. The van der Waals surface area contributed by atoms with Gasteiger partial charge in [0, 0.05) is 9.13 Å². The average molecular weight is 488 g/mol. The highest BCUT2D eigenvalue weighted by Gasteiger charge is 2.10. The molecule has 4 nitrogen and oxygen atoms in total. The van der Waals surface area contributed by atoms with Gasteiger partial charge in [-0.05, 0) is 35.1 Å². The van der Waals surface area contributed by atoms with Gasteiger partial charge in [-0.25, -0.2) is 0 Å². The van der Waals surface area contributed by atoms with Crippen molar-refractivity contribution < 1.29 is 19.1 Å². The molecule has 1 aromatic carbocycles. The summed E-state index contributed by atoms with van der Waals surface area (Å²) in [4.78, 5) is 23.4. The summed E-state index contributed by atoms with van der Waals surface area (Å²) < 4.78 is 11.5. The first-order chi connectivity index (χ1) is 13.1. The molecule has 0 radical (unpaired) electrons. The van der Waals surface area contributed by atoms with Crippen molar-refractivity contribution in [1.82, 2.24) is 0 Å². The van der Waals surface area contributed by atoms with Crippen molar-refractivity contribution in [3.05, 3.63) is 33.4 Å². The van der Waals surface area contributed by atoms with Gasteiger partial charge in [0.25, 0.3) is 0 Å². The molecule has 0 spiro atoms. The van der Waals surface area contributed by atoms with Gasteiger partial charge in [-0.1, -0.05) is 76.5 Å². The molecule has 0 aliphatic carbocycles. The highest BCUT2D eigenvalue weighted by molar-refractivity contribution is 14.1. The van der Waals surface area contributed by atoms with Gasteiger partial charge in [-0.3, -0.25) is 9.59 Å². The van der Waals surface area contributed by atoms with Gasteiger partial charge in [0.1, 0.15) is 6.61 Å². The summed E-state index contributed by atoms with van der Waals surface area (Å²) in [7, 11) is 0. The lowest BCUT2D eigenvalue weighted by atomic mass is 10.1. The summed E-state index contributed by atoms with van der Waals surface area (Å²) in [5.74, 6) is -0.685. The third-order valence-corrected chi connectivity index (χ3v) is 5.44. The molecule has 1 rings (SSSR count). The van der Waals surface area contributed by atoms with Crippen molar-refractivity contribution >= 4 is 34.5 Å². The molecule has 0 saturated carbocycles. The maximum atomic E-state index is 11.7. The lowest BCUT2D eigenvalue weighted by Crippen LogP contribution is -2.11. The number of hydrogen-bond acceptors (Lipinski definition) is 4. The monoisotopic (exact) mass is 488 g/mol. The van der Waals surface area contributed by atoms with E-state index in [0.717, 1.165) is 22.0 Å². The van der Waals surface area contributed by atoms with Crippen LogP contribution in [0.25, 0.3) is 0 Å². The Morgan fingerprint density at radius 2 is 1.37 bits per heavy atom. The number of rotatable bonds is 15. The number of ether oxygens (including phenoxy) is 2. The number of unbranched alkanes of at least 4 members (excludes halogenated alkanes) is 8. The molecule has 0 amide bonds. The molecule has 0 aliphatic rings. The molecule has 0 aromatic heterocycles. The Morgan fingerprint density at radius 3 is 2.00 bits per heavy atom. The fourth-order valence-electron chi connectivity index (χ4n) is 2.72. The molecule has 0 heterocycles. The summed E-state index contributed by atoms with van der Waals surface area (Å²) in [6, 6.07) is 7.74. The number of halogens is 1. The second kappa shape index (κ2) is 15.9. The van der Waals surface area contributed by atoms with Crippen LogP contribution in [-0.4, -0.2) is 18.5 Å². The first-order valence-electron chi connectivity index (χ1n) is 10.2. The number of carbonyl (C=O) groups excluding carboxylic acids is 2. The number of benzene rings is 1. The van der Waals surface area contributed by atoms with Crippen LogP contribution in [0.15, 0.2) is 24.3 Å². The third kappa shape index (κ3) is 12.8. The van der Waals surface area contributed by atoms with E-state index in [4.69, 9.17) is 9.47 Å². The standard InChI is InChI=1S/C22H33IO4/c1-2-3-4-5-6-7-8-9-12-17-26-21(24)15-16-22(25)27-18-19-13-10-11-14-20(19)23/h10-11,13-14H,2-9,12,15-18H2,1H3. The molecule has 152 valence electrons. The van der Waals surface area contributed by atoms with E-state index in [9.17, 15) is 9.59 Å². The van der Waals surface area contributed by atoms with Crippen molar-refractivity contribution in [2.45, 2.75) is 84.2 Å². The van der Waals surface area contributed by atoms with Crippen molar-refractivity contribution in [2.24, 2.45) is 0 Å². The SMILES string of the molecule is CCCCCCCCCCCOC(=O)CCC(=O)OCc1ccccc1I. The van der Waals surface area contributed by atoms with Crippen molar-refractivity contribution in [1.29, 1.82) is 0 Å². The highest BCUT2D eigenvalue weighted by Crippen LogP contribution is 2.13. The minimum atomic E-state index is -0.366. The van der Waals surface area contributed by atoms with Crippen LogP contribution >= 0.6 is 22.6 Å². The Hall–Kier alpha value is -1.11. The molecule has 1 aromatic rings. The van der Waals surface area contributed by atoms with Crippen LogP contribution in [0.2, 0.25) is 0 Å². The fourth-order valence-corrected chi connectivity index (χ4v) is 3.26. The number of esters is 2. The second-order valence-electron chi connectivity index (χ2n) is 6.80. The molecule has 27 heavy (non-hydrogen) atoms. The molecule has 0 N–H and O–H groups in total. The van der Waals surface area contributed by atoms with E-state index in [1.54, 1.807) is 0 Å². The minimum absolute atomic E-state index is 0.0695. The van der Waals surface area contributed by atoms with Crippen molar-refractivity contribution in [3.63, 3.8) is 0 Å². The van der Waals surface area contributed by atoms with E-state index in [0.29, 0.717) is 6.61 Å². The molecular formula is C22H33IO4. The summed E-state index contributed by atoms with van der Waals surface area (Å²) in [6.07, 6.45) is 11.2. The van der Waals surface area contributed by atoms with Crippen LogP contribution < -0.4 is 0 Å². The highest BCUT2D eigenvalue weighted by atomic mass is 127. The van der Waals surface area contributed by atoms with Gasteiger partial charge >= 0.3 is 11.9 Å². The summed E-state index contributed by atoms with van der Waals surface area (Å²) in [6.45, 7) is 2.92. The Kier molecular flexibility index (Phi) is 14.1. The maximum absolute atomic E-state index is 11.7. The van der Waals surface area contributed by atoms with E-state index < -0.39 is 0 Å². The van der Waals surface area contributed by atoms with Crippen LogP contribution in [0.5, 0.6) is 0 Å². The van der Waals surface area contributed by atoms with E-state index >= 15 is 0 Å². The molecule has 0 aliphatic heterocycles. The summed E-state index contributed by atoms with van der Waals surface area (Å²) in [5, 5.41) is 0. The van der Waals surface area contributed by atoms with Gasteiger partial charge in [0.05, 0.1) is 19.4 Å². The minimum Gasteiger partial charge on any atom is -0.466 e. The predicted molar refractivity (Wildman–Crippen MR) is 116 cm³/mol. The van der Waals surface area contributed by atoms with E-state index in [2.05, 4.69) is 29.5 Å². The molecule has 0 atom stereocenters. The predicted octanol–water partition coefficient (Wildman–Crippen LogP) is 6.19. The van der Waals surface area contributed by atoms with Crippen molar-refractivity contribution in [3.8, 4) is 0 Å². The van der Waals surface area contributed by atoms with Crippen molar-refractivity contribution in [2.75, 3.05) is 6.61 Å². The lowest BCUT2D eigenvalue weighted by Gasteiger charge is -2.07. The van der Waals surface area contributed by atoms with Crippen LogP contribution in [0, 0.1) is 3.57 Å². The van der Waals surface area contributed by atoms with Crippen LogP contribution in [-0.2, 0) is 25.7 Å². The zero-order valence-corrected chi connectivity index (χ0v) is 18.7. The topological polar surface area (TPSA) is 52.6 Å². The average Bonchev–Trinajstić information content (AvgIpc) is 2.67. The quantitative estimate of drug-likeness (QED) is 0.168. The Balaban J connectivity index is 1.96. The summed E-state index contributed by atoms with van der Waals surface area (Å²) >= 11 is 2.21. The first kappa shape index (κ1) is 23.9. The van der Waals surface area contributed by atoms with Crippen LogP contribution in [0.3, 0.4) is 0 Å². The fraction of sp³-hybridized carbons (Fsp3) is 0.636. The lowest BCUT2D eigenvalue weighted by molar-refractivity contribution is -0.151. The van der Waals surface area contributed by atoms with Gasteiger partial charge in [-0.2, -0.15) is 0 Å². The maximum Gasteiger partial charge on any atom is 0.306 e. The smallest absolute Gasteiger partial charge is 0.306 e. The van der Waals surface area contributed by atoms with Crippen LogP contribution in [0.1, 0.15) is 83.1 Å². The largest absolute Gasteiger partial charge is 0.466 e. The Morgan fingerprint density at radius 1 is 0.815 bits per heavy atom. The molecular weight excluding hydrogens is 455 g/mol. The van der Waals surface area contributed by atoms with Gasteiger partial charge in [-0.15, -0.1) is 0 Å². The number of carbonyl (C=O) groups is 2. The third-order valence-electron chi connectivity index (χ3n) is 4.39. The zero-order valence-electron chi connectivity index (χ0n) is 16.5. The molecule has 0 saturated heterocycles. The second-order valence-corrected chi connectivity index (χ2v) is 7.96. The normalized spacial score (nSPS) is 10.6. The van der Waals surface area contributed by atoms with E-state index in [1.807, 2.05) is 24.3 Å². The van der Waals surface area contributed by atoms with Crippen LogP contribution in [0.4, 0.5) is 0 Å². The van der Waals surface area contributed by atoms with Gasteiger partial charge < -0.3 is 9.47 Å². The van der Waals surface area contributed by atoms with E-state index in [-0.39, 0.29) is 31.4 Å². The molecule has 5 heteroatoms. The first-order valence-corrected chi connectivity index (χ1v) is 11.3. The van der Waals surface area contributed by atoms with E-state index in [1.165, 1.54) is 44.9 Å². The summed E-state index contributed by atoms with van der Waals surface area (Å²) in [5.41, 5.74) is 0.972. The molecule has 0 unspecified atom stereocenters. The Bertz CT molecular complexity index is 545. The zero-order chi connectivity index (χ0) is 19.7. The van der Waals surface area contributed by atoms with Gasteiger partial charge in [0.2, 0.25) is 0 Å². The number of hydrogen-bond donors (Lipinski definition) is 0. The Labute approximate surface area is 177 Å².